The van der Waals surface area contributed by atoms with Crippen molar-refractivity contribution < 1.29 is 9.90 Å². The Balaban J connectivity index is 2.49. The van der Waals surface area contributed by atoms with Gasteiger partial charge in [0.25, 0.3) is 0 Å². The number of carbonyl (C=O) groups is 1. The maximum Gasteiger partial charge on any atom is 0.249 e. The summed E-state index contributed by atoms with van der Waals surface area (Å²) in [5.41, 5.74) is 0.964. The van der Waals surface area contributed by atoms with Crippen LogP contribution < -0.4 is 5.32 Å². The van der Waals surface area contributed by atoms with Crippen LogP contribution in [0.2, 0.25) is 0 Å². The summed E-state index contributed by atoms with van der Waals surface area (Å²) in [5, 5.41) is 12.1. The Kier molecular flexibility index (Phi) is 4.13. The van der Waals surface area contributed by atoms with Crippen molar-refractivity contribution in [1.82, 2.24) is 5.32 Å². The molecule has 3 heteroatoms. The zero-order valence-electron chi connectivity index (χ0n) is 8.23. The summed E-state index contributed by atoms with van der Waals surface area (Å²) in [4.78, 5) is 11.2. The van der Waals surface area contributed by atoms with E-state index in [2.05, 4.69) is 5.32 Å². The first-order chi connectivity index (χ1) is 6.74. The van der Waals surface area contributed by atoms with Crippen molar-refractivity contribution in [3.63, 3.8) is 0 Å². The van der Waals surface area contributed by atoms with E-state index in [-0.39, 0.29) is 5.91 Å². The van der Waals surface area contributed by atoms with Crippen LogP contribution in [0.5, 0.6) is 0 Å². The maximum absolute atomic E-state index is 11.2. The monoisotopic (exact) mass is 193 g/mol. The molecule has 1 rings (SSSR count). The van der Waals surface area contributed by atoms with Gasteiger partial charge >= 0.3 is 0 Å². The molecule has 2 N–H and O–H groups in total. The number of nitrogens with one attached hydrogen (secondary N) is 1. The van der Waals surface area contributed by atoms with Crippen LogP contribution in [-0.4, -0.2) is 23.7 Å². The van der Waals surface area contributed by atoms with Crippen molar-refractivity contribution in [3.8, 4) is 0 Å². The van der Waals surface area contributed by atoms with Gasteiger partial charge < -0.3 is 10.4 Å². The lowest BCUT2D eigenvalue weighted by molar-refractivity contribution is -0.129. The number of aliphatic hydroxyl groups is 1. The zero-order valence-corrected chi connectivity index (χ0v) is 8.23. The first-order valence-electron chi connectivity index (χ1n) is 4.73. The average Bonchev–Trinajstić information content (AvgIpc) is 2.19. The van der Waals surface area contributed by atoms with Crippen molar-refractivity contribution in [1.29, 1.82) is 0 Å². The summed E-state index contributed by atoms with van der Waals surface area (Å²) in [7, 11) is 0. The van der Waals surface area contributed by atoms with Gasteiger partial charge in [0, 0.05) is 13.0 Å². The number of aliphatic hydroxyl groups excluding tert-OH is 1. The highest BCUT2D eigenvalue weighted by Gasteiger charge is 2.13. The summed E-state index contributed by atoms with van der Waals surface area (Å²) < 4.78 is 0. The zero-order chi connectivity index (χ0) is 10.4. The van der Waals surface area contributed by atoms with Gasteiger partial charge in [0.1, 0.15) is 6.10 Å². The molecule has 0 saturated heterocycles. The lowest BCUT2D eigenvalue weighted by Crippen LogP contribution is -2.35. The fourth-order valence-electron chi connectivity index (χ4n) is 1.22. The molecule has 1 aromatic rings. The van der Waals surface area contributed by atoms with Crippen LogP contribution in [0.3, 0.4) is 0 Å². The summed E-state index contributed by atoms with van der Waals surface area (Å²) in [6.45, 7) is 2.37. The molecule has 0 aromatic heterocycles. The quantitative estimate of drug-likeness (QED) is 0.740. The number of hydrogen-bond donors (Lipinski definition) is 2. The van der Waals surface area contributed by atoms with Gasteiger partial charge in [0.05, 0.1) is 0 Å². The summed E-state index contributed by atoms with van der Waals surface area (Å²) in [6.07, 6.45) is -0.579. The Bertz CT molecular complexity index is 285. The van der Waals surface area contributed by atoms with E-state index in [9.17, 15) is 9.90 Å². The van der Waals surface area contributed by atoms with E-state index in [1.54, 1.807) is 0 Å². The van der Waals surface area contributed by atoms with Crippen molar-refractivity contribution >= 4 is 5.91 Å². The normalized spacial score (nSPS) is 12.1. The molecule has 0 heterocycles. The predicted octanol–water partition coefficient (Wildman–Crippen LogP) is 0.726. The van der Waals surface area contributed by atoms with Crippen LogP contribution in [0.25, 0.3) is 0 Å². The molecule has 14 heavy (non-hydrogen) atoms. The van der Waals surface area contributed by atoms with Crippen LogP contribution in [0.15, 0.2) is 30.3 Å². The molecule has 0 bridgehead atoms. The van der Waals surface area contributed by atoms with Crippen molar-refractivity contribution in [2.75, 3.05) is 6.54 Å². The molecule has 1 atom stereocenters. The molecule has 1 amide bonds. The molecule has 0 aliphatic rings. The Morgan fingerprint density at radius 3 is 2.64 bits per heavy atom. The molecule has 3 nitrogen and oxygen atoms in total. The van der Waals surface area contributed by atoms with Gasteiger partial charge in [0.2, 0.25) is 5.91 Å². The van der Waals surface area contributed by atoms with Crippen LogP contribution >= 0.6 is 0 Å². The maximum atomic E-state index is 11.2. The molecule has 76 valence electrons. The van der Waals surface area contributed by atoms with Gasteiger partial charge in [-0.05, 0) is 12.5 Å². The lowest BCUT2D eigenvalue weighted by Gasteiger charge is -2.09. The molecule has 0 spiro atoms. The minimum Gasteiger partial charge on any atom is -0.383 e. The molecule has 0 aliphatic carbocycles. The van der Waals surface area contributed by atoms with E-state index in [0.29, 0.717) is 13.0 Å². The first-order valence-corrected chi connectivity index (χ1v) is 4.73. The highest BCUT2D eigenvalue weighted by atomic mass is 16.3. The SMILES string of the molecule is CCNC(=O)[C@@H](O)Cc1ccccc1. The minimum absolute atomic E-state index is 0.309. The molecule has 0 unspecified atom stereocenters. The Morgan fingerprint density at radius 2 is 2.07 bits per heavy atom. The third-order valence-electron chi connectivity index (χ3n) is 1.93. The lowest BCUT2D eigenvalue weighted by atomic mass is 10.1. The third-order valence-corrected chi connectivity index (χ3v) is 1.93. The molecule has 0 fully saturated rings. The summed E-state index contributed by atoms with van der Waals surface area (Å²) in [5.74, 6) is -0.309. The van der Waals surface area contributed by atoms with Crippen LogP contribution in [0.1, 0.15) is 12.5 Å². The number of likely N-dealkylation sites (N-methyl/N-ethyl adjacent to an activating group) is 1. The van der Waals surface area contributed by atoms with Crippen molar-refractivity contribution in [2.45, 2.75) is 19.4 Å². The molecule has 0 aliphatic heterocycles. The highest BCUT2D eigenvalue weighted by molar-refractivity contribution is 5.80. The minimum atomic E-state index is -0.947. The van der Waals surface area contributed by atoms with Gasteiger partial charge in [-0.3, -0.25) is 4.79 Å². The second-order valence-electron chi connectivity index (χ2n) is 3.10. The fourth-order valence-corrected chi connectivity index (χ4v) is 1.22. The van der Waals surface area contributed by atoms with Crippen LogP contribution in [0, 0.1) is 0 Å². The van der Waals surface area contributed by atoms with Gasteiger partial charge in [0.15, 0.2) is 0 Å². The fraction of sp³-hybridized carbons (Fsp3) is 0.364. The molecule has 0 radical (unpaired) electrons. The Morgan fingerprint density at radius 1 is 1.43 bits per heavy atom. The number of rotatable bonds is 4. The van der Waals surface area contributed by atoms with E-state index in [0.717, 1.165) is 5.56 Å². The van der Waals surface area contributed by atoms with Gasteiger partial charge in [-0.2, -0.15) is 0 Å². The van der Waals surface area contributed by atoms with Crippen molar-refractivity contribution in [3.05, 3.63) is 35.9 Å². The molecular weight excluding hydrogens is 178 g/mol. The molecule has 1 aromatic carbocycles. The van der Waals surface area contributed by atoms with Crippen molar-refractivity contribution in [2.24, 2.45) is 0 Å². The van der Waals surface area contributed by atoms with E-state index in [4.69, 9.17) is 0 Å². The van der Waals surface area contributed by atoms with Crippen LogP contribution in [0.4, 0.5) is 0 Å². The largest absolute Gasteiger partial charge is 0.383 e. The van der Waals surface area contributed by atoms with E-state index < -0.39 is 6.10 Å². The molecule has 0 saturated carbocycles. The highest BCUT2D eigenvalue weighted by Crippen LogP contribution is 2.02. The van der Waals surface area contributed by atoms with Gasteiger partial charge in [-0.25, -0.2) is 0 Å². The number of amides is 1. The average molecular weight is 193 g/mol. The second-order valence-corrected chi connectivity index (χ2v) is 3.10. The van der Waals surface area contributed by atoms with Gasteiger partial charge in [-0.15, -0.1) is 0 Å². The number of carbonyl (C=O) groups excluding carboxylic acids is 1. The molecular formula is C11H15NO2. The number of hydrogen-bond acceptors (Lipinski definition) is 2. The standard InChI is InChI=1S/C11H15NO2/c1-2-12-11(14)10(13)8-9-6-4-3-5-7-9/h3-7,10,13H,2,8H2,1H3,(H,12,14)/t10-/m0/s1. The van der Waals surface area contributed by atoms with Crippen LogP contribution in [-0.2, 0) is 11.2 Å². The topological polar surface area (TPSA) is 49.3 Å². The second kappa shape index (κ2) is 5.40. The van der Waals surface area contributed by atoms with E-state index in [1.807, 2.05) is 37.3 Å². The summed E-state index contributed by atoms with van der Waals surface area (Å²) >= 11 is 0. The smallest absolute Gasteiger partial charge is 0.249 e. The number of benzene rings is 1. The predicted molar refractivity (Wildman–Crippen MR) is 54.8 cm³/mol. The van der Waals surface area contributed by atoms with E-state index >= 15 is 0 Å². The Hall–Kier alpha value is -1.35. The Labute approximate surface area is 83.8 Å². The summed E-state index contributed by atoms with van der Waals surface area (Å²) in [6, 6.07) is 9.46. The third kappa shape index (κ3) is 3.18. The van der Waals surface area contributed by atoms with Gasteiger partial charge in [-0.1, -0.05) is 30.3 Å². The van der Waals surface area contributed by atoms with E-state index in [1.165, 1.54) is 0 Å². The first kappa shape index (κ1) is 10.7.